The van der Waals surface area contributed by atoms with Gasteiger partial charge in [-0.15, -0.1) is 5.10 Å². The number of fused-ring (bicyclic) bond motifs is 1. The molecule has 0 N–H and O–H groups in total. The molecule has 0 bridgehead atoms. The van der Waals surface area contributed by atoms with Crippen LogP contribution in [0.1, 0.15) is 12.6 Å². The summed E-state index contributed by atoms with van der Waals surface area (Å²) in [6, 6.07) is 6.13. The lowest BCUT2D eigenvalue weighted by molar-refractivity contribution is 0.410. The van der Waals surface area contributed by atoms with Crippen LogP contribution in [0.15, 0.2) is 29.1 Å². The zero-order valence-corrected chi connectivity index (χ0v) is 16.0. The molecule has 9 heteroatoms. The van der Waals surface area contributed by atoms with Gasteiger partial charge in [-0.05, 0) is 18.6 Å². The van der Waals surface area contributed by atoms with Crippen LogP contribution in [0.3, 0.4) is 0 Å². The second-order valence-corrected chi connectivity index (χ2v) is 7.24. The Kier molecular flexibility index (Phi) is 4.69. The first-order valence-corrected chi connectivity index (χ1v) is 9.64. The van der Waals surface area contributed by atoms with E-state index in [0.717, 1.165) is 49.1 Å². The minimum atomic E-state index is -0.312. The van der Waals surface area contributed by atoms with Crippen molar-refractivity contribution in [2.75, 3.05) is 43.1 Å². The van der Waals surface area contributed by atoms with Crippen molar-refractivity contribution in [3.8, 4) is 5.75 Å². The van der Waals surface area contributed by atoms with Crippen LogP contribution in [0.5, 0.6) is 5.75 Å². The Bertz CT molecular complexity index is 1030. The Morgan fingerprint density at radius 3 is 2.63 bits per heavy atom. The summed E-state index contributed by atoms with van der Waals surface area (Å²) < 4.78 is 20.1. The van der Waals surface area contributed by atoms with Gasteiger partial charge in [-0.3, -0.25) is 4.79 Å². The van der Waals surface area contributed by atoms with Crippen molar-refractivity contribution in [3.05, 3.63) is 46.1 Å². The van der Waals surface area contributed by atoms with E-state index in [1.54, 1.807) is 13.2 Å². The number of piperazine rings is 1. The average molecular weight is 389 g/mol. The highest BCUT2D eigenvalue weighted by molar-refractivity contribution is 7.20. The van der Waals surface area contributed by atoms with Crippen molar-refractivity contribution < 1.29 is 9.13 Å². The number of aromatic nitrogens is 3. The third-order valence-electron chi connectivity index (χ3n) is 4.68. The van der Waals surface area contributed by atoms with Gasteiger partial charge >= 0.3 is 0 Å². The average Bonchev–Trinajstić information content (AvgIpc) is 3.12. The summed E-state index contributed by atoms with van der Waals surface area (Å²) in [6.07, 6.45) is 0.719. The van der Waals surface area contributed by atoms with Crippen molar-refractivity contribution >= 4 is 27.1 Å². The number of nitrogens with zero attached hydrogens (tertiary/aromatic N) is 5. The third kappa shape index (κ3) is 3.34. The minimum Gasteiger partial charge on any atom is -0.494 e. The van der Waals surface area contributed by atoms with Crippen LogP contribution in [-0.4, -0.2) is 47.9 Å². The lowest BCUT2D eigenvalue weighted by atomic mass is 10.2. The quantitative estimate of drug-likeness (QED) is 0.682. The Labute approximate surface area is 159 Å². The topological polar surface area (TPSA) is 63.0 Å². The van der Waals surface area contributed by atoms with Gasteiger partial charge in [-0.25, -0.2) is 9.37 Å². The Morgan fingerprint density at radius 1 is 1.19 bits per heavy atom. The van der Waals surface area contributed by atoms with Crippen LogP contribution in [0.2, 0.25) is 0 Å². The maximum absolute atomic E-state index is 13.4. The third-order valence-corrected chi connectivity index (χ3v) is 5.65. The van der Waals surface area contributed by atoms with Crippen molar-refractivity contribution in [2.45, 2.75) is 13.3 Å². The number of hydrogen-bond donors (Lipinski definition) is 0. The first kappa shape index (κ1) is 17.7. The molecule has 2 aromatic heterocycles. The van der Waals surface area contributed by atoms with E-state index in [4.69, 9.17) is 4.74 Å². The van der Waals surface area contributed by atoms with Gasteiger partial charge in [-0.1, -0.05) is 18.3 Å². The fraction of sp³-hybridized carbons (Fsp3) is 0.389. The molecule has 1 fully saturated rings. The van der Waals surface area contributed by atoms with Crippen molar-refractivity contribution in [2.24, 2.45) is 0 Å². The number of anilines is 2. The van der Waals surface area contributed by atoms with Gasteiger partial charge in [0.15, 0.2) is 0 Å². The maximum Gasteiger partial charge on any atom is 0.275 e. The zero-order valence-electron chi connectivity index (χ0n) is 15.2. The van der Waals surface area contributed by atoms with E-state index in [0.29, 0.717) is 10.7 Å². The molecule has 0 atom stereocenters. The summed E-state index contributed by atoms with van der Waals surface area (Å²) in [5.74, 6) is 0.222. The summed E-state index contributed by atoms with van der Waals surface area (Å²) in [5, 5.41) is 5.24. The molecule has 3 heterocycles. The molecule has 4 rings (SSSR count). The van der Waals surface area contributed by atoms with Gasteiger partial charge in [0.2, 0.25) is 10.1 Å². The monoisotopic (exact) mass is 389 g/mol. The minimum absolute atomic E-state index is 0.144. The molecular weight excluding hydrogens is 369 g/mol. The molecule has 7 nitrogen and oxygen atoms in total. The summed E-state index contributed by atoms with van der Waals surface area (Å²) in [7, 11) is 1.55. The highest BCUT2D eigenvalue weighted by Crippen LogP contribution is 2.31. The summed E-state index contributed by atoms with van der Waals surface area (Å²) in [5.41, 5.74) is 1.52. The molecule has 3 aromatic rings. The first-order valence-electron chi connectivity index (χ1n) is 8.82. The molecule has 1 aliphatic rings. The van der Waals surface area contributed by atoms with Crippen molar-refractivity contribution in [1.29, 1.82) is 0 Å². The molecule has 1 aromatic carbocycles. The lowest BCUT2D eigenvalue weighted by Gasteiger charge is -2.36. The van der Waals surface area contributed by atoms with Crippen molar-refractivity contribution in [1.82, 2.24) is 14.6 Å². The van der Waals surface area contributed by atoms with Gasteiger partial charge < -0.3 is 14.5 Å². The van der Waals surface area contributed by atoms with Crippen LogP contribution in [-0.2, 0) is 6.42 Å². The predicted molar refractivity (Wildman–Crippen MR) is 104 cm³/mol. The van der Waals surface area contributed by atoms with Crippen molar-refractivity contribution in [3.63, 3.8) is 0 Å². The molecular formula is C18H20FN5O2S. The smallest absolute Gasteiger partial charge is 0.275 e. The van der Waals surface area contributed by atoms with E-state index in [9.17, 15) is 9.18 Å². The molecule has 0 aliphatic carbocycles. The highest BCUT2D eigenvalue weighted by Gasteiger charge is 2.23. The number of benzene rings is 1. The summed E-state index contributed by atoms with van der Waals surface area (Å²) in [4.78, 5) is 21.6. The van der Waals surface area contributed by atoms with E-state index in [-0.39, 0.29) is 11.4 Å². The van der Waals surface area contributed by atoms with Gasteiger partial charge in [0.1, 0.15) is 11.6 Å². The molecule has 27 heavy (non-hydrogen) atoms. The zero-order chi connectivity index (χ0) is 19.0. The van der Waals surface area contributed by atoms with Crippen LogP contribution in [0, 0.1) is 5.82 Å². The Balaban J connectivity index is 1.53. The SMILES string of the molecule is CCc1cc(=O)n2nc(N3CCN(c4ccc(F)cc4OC)CC3)sc2n1. The molecule has 1 aliphatic heterocycles. The highest BCUT2D eigenvalue weighted by atomic mass is 32.1. The van der Waals surface area contributed by atoms with Gasteiger partial charge in [0.05, 0.1) is 12.8 Å². The van der Waals surface area contributed by atoms with Crippen LogP contribution < -0.4 is 20.1 Å². The normalized spacial score (nSPS) is 14.8. The van der Waals surface area contributed by atoms with E-state index in [1.165, 1.54) is 34.1 Å². The lowest BCUT2D eigenvalue weighted by Crippen LogP contribution is -2.46. The number of aryl methyl sites for hydroxylation is 1. The fourth-order valence-electron chi connectivity index (χ4n) is 3.21. The summed E-state index contributed by atoms with van der Waals surface area (Å²) in [6.45, 7) is 4.97. The number of methoxy groups -OCH3 is 1. The van der Waals surface area contributed by atoms with E-state index < -0.39 is 0 Å². The van der Waals surface area contributed by atoms with Gasteiger partial charge in [-0.2, -0.15) is 4.52 Å². The second kappa shape index (κ2) is 7.15. The summed E-state index contributed by atoms with van der Waals surface area (Å²) >= 11 is 1.43. The number of hydrogen-bond acceptors (Lipinski definition) is 7. The number of rotatable bonds is 4. The van der Waals surface area contributed by atoms with Crippen LogP contribution in [0.4, 0.5) is 15.2 Å². The number of halogens is 1. The molecule has 1 saturated heterocycles. The second-order valence-electron chi connectivity index (χ2n) is 6.31. The van der Waals surface area contributed by atoms with Crippen LogP contribution in [0.25, 0.3) is 4.96 Å². The largest absolute Gasteiger partial charge is 0.494 e. The first-order chi connectivity index (χ1) is 13.1. The number of ether oxygens (including phenoxy) is 1. The molecule has 0 saturated carbocycles. The van der Waals surface area contributed by atoms with Gasteiger partial charge in [0, 0.05) is 44.0 Å². The van der Waals surface area contributed by atoms with E-state index in [1.807, 2.05) is 6.92 Å². The van der Waals surface area contributed by atoms with Crippen LogP contribution >= 0.6 is 11.3 Å². The molecule has 0 unspecified atom stereocenters. The molecule has 0 spiro atoms. The molecule has 142 valence electrons. The predicted octanol–water partition coefficient (Wildman–Crippen LogP) is 2.19. The Hall–Kier alpha value is -2.68. The van der Waals surface area contributed by atoms with E-state index in [2.05, 4.69) is 19.9 Å². The van der Waals surface area contributed by atoms with Gasteiger partial charge in [0.25, 0.3) is 5.56 Å². The Morgan fingerprint density at radius 2 is 1.93 bits per heavy atom. The fourth-order valence-corrected chi connectivity index (χ4v) is 4.18. The molecule has 0 radical (unpaired) electrons. The van der Waals surface area contributed by atoms with E-state index >= 15 is 0 Å². The molecule has 0 amide bonds. The standard InChI is InChI=1S/C18H20FN5O2S/c1-3-13-11-16(25)24-17(20-13)27-18(21-24)23-8-6-22(7-9-23)14-5-4-12(19)10-15(14)26-2/h4-5,10-11H,3,6-9H2,1-2H3. The maximum atomic E-state index is 13.4.